The SMILES string of the molecule is CC(C)Cn1ccnc(NC(C)CN2CCCC2)c1=O. The molecule has 0 radical (unpaired) electrons. The predicted molar refractivity (Wildman–Crippen MR) is 82.1 cm³/mol. The van der Waals surface area contributed by atoms with Gasteiger partial charge >= 0.3 is 0 Å². The molecule has 1 aliphatic rings. The van der Waals surface area contributed by atoms with Crippen molar-refractivity contribution in [2.45, 2.75) is 46.2 Å². The standard InChI is InChI=1S/C15H26N4O/c1-12(2)10-19-9-6-16-14(15(19)20)17-13(3)11-18-7-4-5-8-18/h6,9,12-13H,4-5,7-8,10-11H2,1-3H3,(H,16,17). The fourth-order valence-electron chi connectivity index (χ4n) is 2.71. The molecule has 1 unspecified atom stereocenters. The van der Waals surface area contributed by atoms with E-state index in [1.165, 1.54) is 25.9 Å². The lowest BCUT2D eigenvalue weighted by molar-refractivity contribution is 0.327. The first-order chi connectivity index (χ1) is 9.56. The summed E-state index contributed by atoms with van der Waals surface area (Å²) in [5.74, 6) is 0.921. The Balaban J connectivity index is 1.99. The van der Waals surface area contributed by atoms with Gasteiger partial charge in [-0.1, -0.05) is 13.8 Å². The van der Waals surface area contributed by atoms with E-state index in [2.05, 4.69) is 36.0 Å². The first-order valence-electron chi connectivity index (χ1n) is 7.60. The molecular formula is C15H26N4O. The van der Waals surface area contributed by atoms with E-state index < -0.39 is 0 Å². The molecule has 0 amide bonds. The Bertz CT molecular complexity index is 477. The molecule has 1 fully saturated rings. The summed E-state index contributed by atoms with van der Waals surface area (Å²) in [6.07, 6.45) is 6.04. The Kier molecular flexibility index (Phi) is 5.17. The van der Waals surface area contributed by atoms with Crippen LogP contribution in [-0.4, -0.2) is 40.1 Å². The molecule has 0 aromatic carbocycles. The van der Waals surface area contributed by atoms with Crippen LogP contribution in [0, 0.1) is 5.92 Å². The minimum atomic E-state index is -0.0190. The molecule has 5 nitrogen and oxygen atoms in total. The van der Waals surface area contributed by atoms with E-state index in [1.807, 2.05) is 0 Å². The van der Waals surface area contributed by atoms with E-state index in [4.69, 9.17) is 0 Å². The van der Waals surface area contributed by atoms with Crippen molar-refractivity contribution in [1.82, 2.24) is 14.5 Å². The Labute approximate surface area is 121 Å². The van der Waals surface area contributed by atoms with Gasteiger partial charge in [0, 0.05) is 31.5 Å². The fraction of sp³-hybridized carbons (Fsp3) is 0.733. The largest absolute Gasteiger partial charge is 0.362 e. The second-order valence-electron chi connectivity index (χ2n) is 6.18. The quantitative estimate of drug-likeness (QED) is 0.862. The highest BCUT2D eigenvalue weighted by Crippen LogP contribution is 2.09. The second kappa shape index (κ2) is 6.88. The third kappa shape index (κ3) is 4.07. The first-order valence-corrected chi connectivity index (χ1v) is 7.60. The number of aromatic nitrogens is 2. The zero-order chi connectivity index (χ0) is 14.5. The smallest absolute Gasteiger partial charge is 0.293 e. The maximum atomic E-state index is 12.3. The molecule has 2 rings (SSSR count). The van der Waals surface area contributed by atoms with E-state index in [9.17, 15) is 4.79 Å². The molecule has 1 aromatic heterocycles. The van der Waals surface area contributed by atoms with Crippen molar-refractivity contribution in [3.63, 3.8) is 0 Å². The van der Waals surface area contributed by atoms with Crippen LogP contribution in [-0.2, 0) is 6.54 Å². The van der Waals surface area contributed by atoms with Crippen molar-refractivity contribution >= 4 is 5.82 Å². The second-order valence-corrected chi connectivity index (χ2v) is 6.18. The molecule has 5 heteroatoms. The molecule has 1 N–H and O–H groups in total. The molecule has 1 atom stereocenters. The monoisotopic (exact) mass is 278 g/mol. The number of nitrogens with zero attached hydrogens (tertiary/aromatic N) is 3. The summed E-state index contributed by atoms with van der Waals surface area (Å²) in [6, 6.07) is 0.239. The average Bonchev–Trinajstić information content (AvgIpc) is 2.86. The predicted octanol–water partition coefficient (Wildman–Crippen LogP) is 1.80. The van der Waals surface area contributed by atoms with Gasteiger partial charge in [0.15, 0.2) is 5.82 Å². The summed E-state index contributed by atoms with van der Waals surface area (Å²) in [6.45, 7) is 10.4. The maximum Gasteiger partial charge on any atom is 0.293 e. The molecule has 0 saturated carbocycles. The highest BCUT2D eigenvalue weighted by molar-refractivity contribution is 5.32. The van der Waals surface area contributed by atoms with Gasteiger partial charge < -0.3 is 14.8 Å². The van der Waals surface area contributed by atoms with Crippen molar-refractivity contribution in [1.29, 1.82) is 0 Å². The summed E-state index contributed by atoms with van der Waals surface area (Å²) in [5.41, 5.74) is -0.0190. The van der Waals surface area contributed by atoms with E-state index in [0.29, 0.717) is 11.7 Å². The highest BCUT2D eigenvalue weighted by Gasteiger charge is 2.16. The Morgan fingerprint density at radius 3 is 2.60 bits per heavy atom. The minimum Gasteiger partial charge on any atom is -0.362 e. The van der Waals surface area contributed by atoms with Crippen molar-refractivity contribution < 1.29 is 0 Å². The Hall–Kier alpha value is -1.36. The molecule has 2 heterocycles. The van der Waals surface area contributed by atoms with Crippen LogP contribution in [0.4, 0.5) is 5.82 Å². The molecule has 0 bridgehead atoms. The van der Waals surface area contributed by atoms with Gasteiger partial charge in [0.05, 0.1) is 0 Å². The molecule has 0 spiro atoms. The van der Waals surface area contributed by atoms with Gasteiger partial charge in [-0.05, 0) is 38.8 Å². The van der Waals surface area contributed by atoms with Crippen molar-refractivity contribution in [3.05, 3.63) is 22.7 Å². The third-order valence-electron chi connectivity index (χ3n) is 3.59. The van der Waals surface area contributed by atoms with Gasteiger partial charge in [-0.25, -0.2) is 4.98 Å². The number of anilines is 1. The van der Waals surface area contributed by atoms with E-state index in [-0.39, 0.29) is 11.6 Å². The maximum absolute atomic E-state index is 12.3. The van der Waals surface area contributed by atoms with Gasteiger partial charge in [0.2, 0.25) is 0 Å². The van der Waals surface area contributed by atoms with Gasteiger partial charge in [0.1, 0.15) is 0 Å². The zero-order valence-corrected chi connectivity index (χ0v) is 12.8. The average molecular weight is 278 g/mol. The van der Waals surface area contributed by atoms with Crippen LogP contribution in [0.15, 0.2) is 17.2 Å². The van der Waals surface area contributed by atoms with Crippen molar-refractivity contribution in [2.75, 3.05) is 25.0 Å². The molecule has 1 aliphatic heterocycles. The van der Waals surface area contributed by atoms with E-state index in [1.54, 1.807) is 17.0 Å². The lowest BCUT2D eigenvalue weighted by Crippen LogP contribution is -2.36. The molecule has 1 aromatic rings. The molecule has 112 valence electrons. The van der Waals surface area contributed by atoms with E-state index >= 15 is 0 Å². The number of likely N-dealkylation sites (tertiary alicyclic amines) is 1. The van der Waals surface area contributed by atoms with Crippen molar-refractivity contribution in [3.8, 4) is 0 Å². The van der Waals surface area contributed by atoms with Crippen LogP contribution in [0.25, 0.3) is 0 Å². The summed E-state index contributed by atoms with van der Waals surface area (Å²) >= 11 is 0. The first kappa shape index (κ1) is 15.0. The van der Waals surface area contributed by atoms with Gasteiger partial charge in [-0.3, -0.25) is 4.79 Å². The number of hydrogen-bond donors (Lipinski definition) is 1. The van der Waals surface area contributed by atoms with E-state index in [0.717, 1.165) is 13.1 Å². The number of nitrogens with one attached hydrogen (secondary N) is 1. The Morgan fingerprint density at radius 2 is 1.95 bits per heavy atom. The van der Waals surface area contributed by atoms with Gasteiger partial charge in [0.25, 0.3) is 5.56 Å². The number of hydrogen-bond acceptors (Lipinski definition) is 4. The zero-order valence-electron chi connectivity index (χ0n) is 12.8. The Morgan fingerprint density at radius 1 is 1.25 bits per heavy atom. The highest BCUT2D eigenvalue weighted by atomic mass is 16.1. The summed E-state index contributed by atoms with van der Waals surface area (Å²) in [4.78, 5) is 18.9. The summed E-state index contributed by atoms with van der Waals surface area (Å²) < 4.78 is 1.74. The third-order valence-corrected chi connectivity index (χ3v) is 3.59. The summed E-state index contributed by atoms with van der Waals surface area (Å²) in [7, 11) is 0. The summed E-state index contributed by atoms with van der Waals surface area (Å²) in [5, 5.41) is 3.26. The van der Waals surface area contributed by atoms with Crippen LogP contribution >= 0.6 is 0 Å². The molecule has 1 saturated heterocycles. The molecule has 0 aliphatic carbocycles. The minimum absolute atomic E-state index is 0.0190. The van der Waals surface area contributed by atoms with Crippen LogP contribution < -0.4 is 10.9 Å². The normalized spacial score (nSPS) is 17.6. The van der Waals surface area contributed by atoms with Crippen LogP contribution in [0.3, 0.4) is 0 Å². The van der Waals surface area contributed by atoms with Crippen LogP contribution in [0.2, 0.25) is 0 Å². The number of rotatable bonds is 6. The van der Waals surface area contributed by atoms with Gasteiger partial charge in [-0.15, -0.1) is 0 Å². The molecule has 20 heavy (non-hydrogen) atoms. The molecular weight excluding hydrogens is 252 g/mol. The van der Waals surface area contributed by atoms with Crippen LogP contribution in [0.1, 0.15) is 33.6 Å². The lowest BCUT2D eigenvalue weighted by Gasteiger charge is -2.21. The van der Waals surface area contributed by atoms with Crippen LogP contribution in [0.5, 0.6) is 0 Å². The van der Waals surface area contributed by atoms with Crippen molar-refractivity contribution in [2.24, 2.45) is 5.92 Å². The van der Waals surface area contributed by atoms with Gasteiger partial charge in [-0.2, -0.15) is 0 Å². The fourth-order valence-corrected chi connectivity index (χ4v) is 2.71. The lowest BCUT2D eigenvalue weighted by atomic mass is 10.2. The topological polar surface area (TPSA) is 50.2 Å².